The van der Waals surface area contributed by atoms with Crippen LogP contribution < -0.4 is 16.8 Å². The molecule has 18 heavy (non-hydrogen) atoms. The maximum absolute atomic E-state index is 11.6. The van der Waals surface area contributed by atoms with Gasteiger partial charge < -0.3 is 21.9 Å². The van der Waals surface area contributed by atoms with Crippen LogP contribution in [0.2, 0.25) is 0 Å². The molecule has 0 aliphatic rings. The van der Waals surface area contributed by atoms with E-state index in [1.165, 1.54) is 0 Å². The number of rotatable bonds is 8. The molecule has 0 radical (unpaired) electrons. The standard InChI is InChI=1S/C11H23N3O3.ClH/c1-7(2)9(11(16)17)14-10(15)8(13)5-3-4-6-12;/h7-9H,3-6,12-13H2,1-2H3,(H,14,15)(H,16,17);1H/t8-,9-;/m0./s1. The molecule has 0 heterocycles. The van der Waals surface area contributed by atoms with E-state index in [1.807, 2.05) is 0 Å². The third-order valence-corrected chi connectivity index (χ3v) is 2.54. The third kappa shape index (κ3) is 7.47. The fraction of sp³-hybridized carbons (Fsp3) is 0.818. The van der Waals surface area contributed by atoms with Gasteiger partial charge in [-0.15, -0.1) is 12.4 Å². The van der Waals surface area contributed by atoms with Crippen LogP contribution in [-0.4, -0.2) is 35.6 Å². The number of nitrogens with two attached hydrogens (primary N) is 2. The number of hydrogen-bond donors (Lipinski definition) is 4. The predicted molar refractivity (Wildman–Crippen MR) is 72.5 cm³/mol. The fourth-order valence-corrected chi connectivity index (χ4v) is 1.41. The molecule has 0 saturated carbocycles. The number of carbonyl (C=O) groups is 2. The molecule has 0 unspecified atom stereocenters. The molecule has 6 N–H and O–H groups in total. The van der Waals surface area contributed by atoms with Gasteiger partial charge >= 0.3 is 5.97 Å². The predicted octanol–water partition coefficient (Wildman–Crippen LogP) is 0.0899. The van der Waals surface area contributed by atoms with Crippen molar-refractivity contribution >= 4 is 24.3 Å². The SMILES string of the molecule is CC(C)[C@H](NC(=O)[C@@H](N)CCCCN)C(=O)O.Cl. The van der Waals surface area contributed by atoms with E-state index in [9.17, 15) is 9.59 Å². The molecular weight excluding hydrogens is 258 g/mol. The maximum atomic E-state index is 11.6. The second-order valence-electron chi connectivity index (χ2n) is 4.46. The highest BCUT2D eigenvalue weighted by Crippen LogP contribution is 2.04. The Morgan fingerprint density at radius 1 is 1.28 bits per heavy atom. The first-order chi connectivity index (χ1) is 7.90. The number of aliphatic carboxylic acids is 1. The zero-order valence-electron chi connectivity index (χ0n) is 10.9. The molecule has 0 rings (SSSR count). The molecule has 0 aromatic rings. The van der Waals surface area contributed by atoms with Crippen LogP contribution in [0.15, 0.2) is 0 Å². The Morgan fingerprint density at radius 3 is 2.22 bits per heavy atom. The van der Waals surface area contributed by atoms with Crippen molar-refractivity contribution in [1.82, 2.24) is 5.32 Å². The van der Waals surface area contributed by atoms with Crippen molar-refractivity contribution < 1.29 is 14.7 Å². The summed E-state index contributed by atoms with van der Waals surface area (Å²) in [5.74, 6) is -1.63. The zero-order valence-corrected chi connectivity index (χ0v) is 11.7. The molecule has 108 valence electrons. The summed E-state index contributed by atoms with van der Waals surface area (Å²) in [6, 6.07) is -1.55. The van der Waals surface area contributed by atoms with E-state index in [0.29, 0.717) is 13.0 Å². The summed E-state index contributed by atoms with van der Waals surface area (Å²) in [7, 11) is 0. The summed E-state index contributed by atoms with van der Waals surface area (Å²) in [5, 5.41) is 11.4. The number of carboxylic acids is 1. The minimum absolute atomic E-state index is 0. The van der Waals surface area contributed by atoms with Gasteiger partial charge in [-0.3, -0.25) is 4.79 Å². The summed E-state index contributed by atoms with van der Waals surface area (Å²) in [6.45, 7) is 4.04. The number of halogens is 1. The first-order valence-electron chi connectivity index (χ1n) is 5.89. The number of nitrogens with one attached hydrogen (secondary N) is 1. The summed E-state index contributed by atoms with van der Waals surface area (Å²) in [6.07, 6.45) is 2.10. The van der Waals surface area contributed by atoms with Gasteiger partial charge in [0.05, 0.1) is 6.04 Å². The Balaban J connectivity index is 0. The van der Waals surface area contributed by atoms with Gasteiger partial charge in [0.1, 0.15) is 6.04 Å². The van der Waals surface area contributed by atoms with Crippen LogP contribution in [0, 0.1) is 5.92 Å². The van der Waals surface area contributed by atoms with Crippen molar-refractivity contribution in [2.75, 3.05) is 6.54 Å². The number of hydrogen-bond acceptors (Lipinski definition) is 4. The smallest absolute Gasteiger partial charge is 0.326 e. The highest BCUT2D eigenvalue weighted by atomic mass is 35.5. The minimum atomic E-state index is -1.04. The van der Waals surface area contributed by atoms with E-state index >= 15 is 0 Å². The average molecular weight is 282 g/mol. The Kier molecular flexibility index (Phi) is 10.9. The van der Waals surface area contributed by atoms with Gasteiger partial charge in [0, 0.05) is 0 Å². The van der Waals surface area contributed by atoms with Gasteiger partial charge in [-0.05, 0) is 25.3 Å². The molecule has 2 atom stereocenters. The topological polar surface area (TPSA) is 118 Å². The van der Waals surface area contributed by atoms with Crippen LogP contribution in [0.4, 0.5) is 0 Å². The summed E-state index contributed by atoms with van der Waals surface area (Å²) < 4.78 is 0. The van der Waals surface area contributed by atoms with Crippen LogP contribution >= 0.6 is 12.4 Å². The van der Waals surface area contributed by atoms with Crippen molar-refractivity contribution in [3.63, 3.8) is 0 Å². The Bertz CT molecular complexity index is 262. The van der Waals surface area contributed by atoms with E-state index in [-0.39, 0.29) is 18.3 Å². The molecule has 1 amide bonds. The normalized spacial score (nSPS) is 13.6. The first-order valence-corrected chi connectivity index (χ1v) is 5.89. The van der Waals surface area contributed by atoms with Crippen molar-refractivity contribution in [3.8, 4) is 0 Å². The number of unbranched alkanes of at least 4 members (excludes halogenated alkanes) is 1. The van der Waals surface area contributed by atoms with E-state index in [2.05, 4.69) is 5.32 Å². The maximum Gasteiger partial charge on any atom is 0.326 e. The van der Waals surface area contributed by atoms with Gasteiger partial charge in [-0.2, -0.15) is 0 Å². The number of carboxylic acid groups (broad SMARTS) is 1. The summed E-state index contributed by atoms with van der Waals surface area (Å²) in [5.41, 5.74) is 11.0. The van der Waals surface area contributed by atoms with Crippen molar-refractivity contribution in [2.24, 2.45) is 17.4 Å². The van der Waals surface area contributed by atoms with Crippen LogP contribution in [-0.2, 0) is 9.59 Å². The van der Waals surface area contributed by atoms with Crippen LogP contribution in [0.3, 0.4) is 0 Å². The largest absolute Gasteiger partial charge is 0.480 e. The molecule has 0 aromatic carbocycles. The van der Waals surface area contributed by atoms with E-state index in [4.69, 9.17) is 16.6 Å². The average Bonchev–Trinajstić information content (AvgIpc) is 2.24. The summed E-state index contributed by atoms with van der Waals surface area (Å²) in [4.78, 5) is 22.5. The first kappa shape index (κ1) is 19.5. The molecule has 0 spiro atoms. The molecule has 0 aromatic heterocycles. The van der Waals surface area contributed by atoms with E-state index in [1.54, 1.807) is 13.8 Å². The monoisotopic (exact) mass is 281 g/mol. The highest BCUT2D eigenvalue weighted by molar-refractivity contribution is 5.86. The molecule has 0 bridgehead atoms. The lowest BCUT2D eigenvalue weighted by Crippen LogP contribution is -2.50. The zero-order chi connectivity index (χ0) is 13.4. The Labute approximate surface area is 114 Å². The second kappa shape index (κ2) is 10.1. The summed E-state index contributed by atoms with van der Waals surface area (Å²) >= 11 is 0. The number of carbonyl (C=O) groups excluding carboxylic acids is 1. The molecule has 0 aliphatic heterocycles. The fourth-order valence-electron chi connectivity index (χ4n) is 1.41. The minimum Gasteiger partial charge on any atom is -0.480 e. The lowest BCUT2D eigenvalue weighted by atomic mass is 10.0. The van der Waals surface area contributed by atoms with Crippen molar-refractivity contribution in [1.29, 1.82) is 0 Å². The molecule has 0 saturated heterocycles. The lowest BCUT2D eigenvalue weighted by Gasteiger charge is -2.20. The van der Waals surface area contributed by atoms with Gasteiger partial charge in [0.2, 0.25) is 5.91 Å². The van der Waals surface area contributed by atoms with Gasteiger partial charge in [-0.25, -0.2) is 4.79 Å². The van der Waals surface area contributed by atoms with Crippen LogP contribution in [0.1, 0.15) is 33.1 Å². The van der Waals surface area contributed by atoms with Crippen molar-refractivity contribution in [3.05, 3.63) is 0 Å². The molecule has 0 fully saturated rings. The molecule has 7 heteroatoms. The molecule has 0 aliphatic carbocycles. The number of amides is 1. The van der Waals surface area contributed by atoms with Crippen molar-refractivity contribution in [2.45, 2.75) is 45.2 Å². The third-order valence-electron chi connectivity index (χ3n) is 2.54. The Hall–Kier alpha value is -0.850. The van der Waals surface area contributed by atoms with Gasteiger partial charge in [-0.1, -0.05) is 20.3 Å². The van der Waals surface area contributed by atoms with Gasteiger partial charge in [0.15, 0.2) is 0 Å². The van der Waals surface area contributed by atoms with Gasteiger partial charge in [0.25, 0.3) is 0 Å². The Morgan fingerprint density at radius 2 is 1.83 bits per heavy atom. The van der Waals surface area contributed by atoms with Crippen LogP contribution in [0.5, 0.6) is 0 Å². The second-order valence-corrected chi connectivity index (χ2v) is 4.46. The quantitative estimate of drug-likeness (QED) is 0.470. The highest BCUT2D eigenvalue weighted by Gasteiger charge is 2.25. The van der Waals surface area contributed by atoms with E-state index < -0.39 is 24.0 Å². The molecule has 6 nitrogen and oxygen atoms in total. The van der Waals surface area contributed by atoms with Crippen LogP contribution in [0.25, 0.3) is 0 Å². The van der Waals surface area contributed by atoms with E-state index in [0.717, 1.165) is 12.8 Å². The molecular formula is C11H24ClN3O3. The lowest BCUT2D eigenvalue weighted by molar-refractivity contribution is -0.143.